The number of rotatable bonds is 2. The molecular formula is C15H19N3O2S. The van der Waals surface area contributed by atoms with E-state index < -0.39 is 9.71 Å². The average Bonchev–Trinajstić information content (AvgIpc) is 2.77. The van der Waals surface area contributed by atoms with Crippen molar-refractivity contribution in [1.29, 1.82) is 0 Å². The first-order valence-electron chi connectivity index (χ1n) is 7.04. The van der Waals surface area contributed by atoms with Gasteiger partial charge in [-0.05, 0) is 37.0 Å². The summed E-state index contributed by atoms with van der Waals surface area (Å²) in [5.41, 5.74) is -0.165. The Morgan fingerprint density at radius 3 is 2.86 bits per heavy atom. The van der Waals surface area contributed by atoms with E-state index in [4.69, 9.17) is 0 Å². The number of hydrogen-bond donors (Lipinski definition) is 2. The fraction of sp³-hybridized carbons (Fsp3) is 0.333. The van der Waals surface area contributed by atoms with Gasteiger partial charge in [0.05, 0.1) is 14.6 Å². The molecule has 5 nitrogen and oxygen atoms in total. The van der Waals surface area contributed by atoms with Gasteiger partial charge in [0.1, 0.15) is 0 Å². The minimum atomic E-state index is -2.59. The second-order valence-electron chi connectivity index (χ2n) is 5.20. The minimum Gasteiger partial charge on any atom is -0.329 e. The predicted octanol–water partition coefficient (Wildman–Crippen LogP) is 0.814. The van der Waals surface area contributed by atoms with Gasteiger partial charge in [-0.3, -0.25) is 4.79 Å². The van der Waals surface area contributed by atoms with Gasteiger partial charge in [-0.1, -0.05) is 6.07 Å². The van der Waals surface area contributed by atoms with Crippen LogP contribution in [0.3, 0.4) is 0 Å². The molecule has 0 saturated carbocycles. The van der Waals surface area contributed by atoms with Gasteiger partial charge in [-0.15, -0.1) is 0 Å². The number of benzene rings is 1. The van der Waals surface area contributed by atoms with Crippen molar-refractivity contribution in [3.8, 4) is 0 Å². The molecule has 1 aromatic heterocycles. The lowest BCUT2D eigenvalue weighted by atomic mass is 10.2. The summed E-state index contributed by atoms with van der Waals surface area (Å²) in [6.45, 7) is 3.18. The molecule has 0 spiro atoms. The highest BCUT2D eigenvalue weighted by Gasteiger charge is 2.21. The van der Waals surface area contributed by atoms with Crippen molar-refractivity contribution in [3.05, 3.63) is 40.8 Å². The Morgan fingerprint density at radius 2 is 2.00 bits per heavy atom. The number of pyridine rings is 1. The summed E-state index contributed by atoms with van der Waals surface area (Å²) in [5, 5.41) is 4.57. The number of H-pyrrole nitrogens is 1. The van der Waals surface area contributed by atoms with E-state index >= 15 is 0 Å². The molecule has 21 heavy (non-hydrogen) atoms. The van der Waals surface area contributed by atoms with Crippen LogP contribution in [0, 0.1) is 0 Å². The predicted molar refractivity (Wildman–Crippen MR) is 87.2 cm³/mol. The van der Waals surface area contributed by atoms with Gasteiger partial charge in [0.2, 0.25) is 0 Å². The Labute approximate surface area is 124 Å². The van der Waals surface area contributed by atoms with Gasteiger partial charge in [-0.25, -0.2) is 8.51 Å². The maximum Gasteiger partial charge on any atom is 0.255 e. The molecule has 1 atom stereocenters. The molecule has 0 aliphatic carbocycles. The Hall–Kier alpha value is -1.63. The molecule has 1 saturated heterocycles. The third-order valence-corrected chi connectivity index (χ3v) is 6.08. The van der Waals surface area contributed by atoms with Gasteiger partial charge < -0.3 is 10.3 Å². The zero-order chi connectivity index (χ0) is 14.9. The average molecular weight is 305 g/mol. The normalized spacial score (nSPS) is 20.0. The van der Waals surface area contributed by atoms with Gasteiger partial charge in [0.15, 0.2) is 0 Å². The smallest absolute Gasteiger partial charge is 0.255 e. The van der Waals surface area contributed by atoms with E-state index in [0.29, 0.717) is 16.8 Å². The highest BCUT2D eigenvalue weighted by molar-refractivity contribution is 7.98. The molecule has 112 valence electrons. The van der Waals surface area contributed by atoms with Crippen LogP contribution in [0.25, 0.3) is 10.8 Å². The summed E-state index contributed by atoms with van der Waals surface area (Å²) >= 11 is 0. The molecule has 0 amide bonds. The quantitative estimate of drug-likeness (QED) is 0.807. The van der Waals surface area contributed by atoms with Crippen LogP contribution in [-0.2, 0) is 9.71 Å². The molecule has 2 aromatic rings. The fourth-order valence-corrected chi connectivity index (χ4v) is 4.63. The van der Waals surface area contributed by atoms with E-state index in [-0.39, 0.29) is 5.56 Å². The van der Waals surface area contributed by atoms with Crippen LogP contribution in [0.5, 0.6) is 0 Å². The Balaban J connectivity index is 2.15. The molecule has 3 rings (SSSR count). The van der Waals surface area contributed by atoms with E-state index in [1.165, 1.54) is 0 Å². The maximum atomic E-state index is 13.3. The summed E-state index contributed by atoms with van der Waals surface area (Å²) in [7, 11) is -2.59. The van der Waals surface area contributed by atoms with Crippen LogP contribution in [0.4, 0.5) is 0 Å². The molecule has 0 radical (unpaired) electrons. The lowest BCUT2D eigenvalue weighted by Gasteiger charge is -2.25. The lowest BCUT2D eigenvalue weighted by Crippen LogP contribution is -2.34. The second-order valence-corrected chi connectivity index (χ2v) is 7.43. The molecule has 2 N–H and O–H groups in total. The molecule has 0 bridgehead atoms. The van der Waals surface area contributed by atoms with E-state index in [9.17, 15) is 9.00 Å². The molecule has 1 aliphatic rings. The van der Waals surface area contributed by atoms with Crippen molar-refractivity contribution in [1.82, 2.24) is 14.6 Å². The number of fused-ring (bicyclic) bond motifs is 1. The zero-order valence-corrected chi connectivity index (χ0v) is 12.6. The maximum absolute atomic E-state index is 13.3. The van der Waals surface area contributed by atoms with Crippen LogP contribution >= 0.6 is 0 Å². The largest absolute Gasteiger partial charge is 0.329 e. The number of hydrogen-bond acceptors (Lipinski definition) is 3. The lowest BCUT2D eigenvalue weighted by molar-refractivity contribution is 0.469. The summed E-state index contributed by atoms with van der Waals surface area (Å²) in [4.78, 5) is 15.2. The molecule has 6 heteroatoms. The van der Waals surface area contributed by atoms with Crippen molar-refractivity contribution in [2.24, 2.45) is 0 Å². The van der Waals surface area contributed by atoms with Gasteiger partial charge in [0, 0.05) is 36.6 Å². The van der Waals surface area contributed by atoms with Crippen molar-refractivity contribution in [2.75, 3.05) is 26.2 Å². The third-order valence-electron chi connectivity index (χ3n) is 3.83. The summed E-state index contributed by atoms with van der Waals surface area (Å²) < 4.78 is 15.2. The first-order chi connectivity index (χ1) is 10.1. The Morgan fingerprint density at radius 1 is 1.14 bits per heavy atom. The second kappa shape index (κ2) is 5.63. The van der Waals surface area contributed by atoms with Crippen molar-refractivity contribution in [3.63, 3.8) is 0 Å². The van der Waals surface area contributed by atoms with Crippen molar-refractivity contribution in [2.45, 2.75) is 11.3 Å². The van der Waals surface area contributed by atoms with E-state index in [1.807, 2.05) is 10.4 Å². The van der Waals surface area contributed by atoms with Crippen LogP contribution < -0.4 is 10.9 Å². The van der Waals surface area contributed by atoms with E-state index in [1.54, 1.807) is 24.4 Å². The highest BCUT2D eigenvalue weighted by Crippen LogP contribution is 2.24. The number of nitrogens with zero attached hydrogens (tertiary/aromatic N) is 1. The van der Waals surface area contributed by atoms with Crippen molar-refractivity contribution < 1.29 is 4.21 Å². The van der Waals surface area contributed by atoms with E-state index in [2.05, 4.69) is 16.2 Å². The summed E-state index contributed by atoms with van der Waals surface area (Å²) in [6.07, 6.45) is 2.53. The molecule has 2 heterocycles. The van der Waals surface area contributed by atoms with Gasteiger partial charge in [0.25, 0.3) is 5.56 Å². The topological polar surface area (TPSA) is 65.2 Å². The third kappa shape index (κ3) is 2.62. The SMILES string of the molecule is C=S(=O)(c1cccc2c(=O)[nH]ccc12)N1CCCNCC1. The monoisotopic (exact) mass is 305 g/mol. The summed E-state index contributed by atoms with van der Waals surface area (Å²) in [5.74, 6) is 4.00. The van der Waals surface area contributed by atoms with Crippen molar-refractivity contribution >= 4 is 26.4 Å². The minimum absolute atomic E-state index is 0.165. The van der Waals surface area contributed by atoms with Crippen LogP contribution in [0.1, 0.15) is 6.42 Å². The van der Waals surface area contributed by atoms with E-state index in [0.717, 1.165) is 31.4 Å². The Kier molecular flexibility index (Phi) is 3.84. The van der Waals surface area contributed by atoms with Gasteiger partial charge >= 0.3 is 0 Å². The van der Waals surface area contributed by atoms with Crippen LogP contribution in [-0.4, -0.2) is 45.5 Å². The fourth-order valence-electron chi connectivity index (χ4n) is 2.73. The molecule has 1 aromatic carbocycles. The van der Waals surface area contributed by atoms with Gasteiger partial charge in [-0.2, -0.15) is 0 Å². The summed E-state index contributed by atoms with van der Waals surface area (Å²) in [6, 6.07) is 7.13. The molecule has 1 unspecified atom stereocenters. The zero-order valence-electron chi connectivity index (χ0n) is 11.8. The van der Waals surface area contributed by atoms with Crippen LogP contribution in [0.2, 0.25) is 0 Å². The number of aromatic nitrogens is 1. The molecule has 1 aliphatic heterocycles. The number of aromatic amines is 1. The molecular weight excluding hydrogens is 286 g/mol. The number of nitrogens with one attached hydrogen (secondary N) is 2. The van der Waals surface area contributed by atoms with Crippen LogP contribution in [0.15, 0.2) is 40.2 Å². The highest BCUT2D eigenvalue weighted by atomic mass is 32.2. The first-order valence-corrected chi connectivity index (χ1v) is 8.72. The first kappa shape index (κ1) is 14.3. The standard InChI is InChI=1S/C15H19N3O2S/c1-21(20,18-10-3-7-16-9-11-18)14-5-2-4-13-12(14)6-8-17-15(13)19/h2,4-6,8,16H,1,3,7,9-11H2,(H,17,19). The molecule has 1 fully saturated rings. The Bertz CT molecular complexity index is 803.